The number of aliphatic hydroxyl groups excluding tert-OH is 1. The van der Waals surface area contributed by atoms with Gasteiger partial charge in [-0.1, -0.05) is 6.07 Å². The van der Waals surface area contributed by atoms with Gasteiger partial charge in [0, 0.05) is 25.5 Å². The third-order valence-corrected chi connectivity index (χ3v) is 3.35. The first kappa shape index (κ1) is 14.1. The van der Waals surface area contributed by atoms with E-state index in [0.29, 0.717) is 17.6 Å². The molecule has 0 saturated carbocycles. The maximum Gasteiger partial charge on any atom is 0.137 e. The second-order valence-electron chi connectivity index (χ2n) is 4.18. The molecule has 0 spiro atoms. The smallest absolute Gasteiger partial charge is 0.137 e. The van der Waals surface area contributed by atoms with E-state index in [4.69, 9.17) is 0 Å². The normalized spacial score (nSPS) is 12.4. The number of pyridine rings is 1. The lowest BCUT2D eigenvalue weighted by Gasteiger charge is -2.12. The van der Waals surface area contributed by atoms with Gasteiger partial charge in [0.25, 0.3) is 0 Å². The topological polar surface area (TPSA) is 45.1 Å². The Balaban J connectivity index is 1.85. The summed E-state index contributed by atoms with van der Waals surface area (Å²) in [6.07, 6.45) is 2.72. The van der Waals surface area contributed by atoms with Crippen LogP contribution < -0.4 is 5.32 Å². The number of halogens is 2. The molecule has 0 amide bonds. The first-order valence-corrected chi connectivity index (χ1v) is 6.69. The number of benzene rings is 1. The van der Waals surface area contributed by atoms with Crippen molar-refractivity contribution in [2.45, 2.75) is 12.6 Å². The molecule has 1 aromatic carbocycles. The van der Waals surface area contributed by atoms with Crippen LogP contribution in [0.1, 0.15) is 17.2 Å². The highest BCUT2D eigenvalue weighted by atomic mass is 79.9. The van der Waals surface area contributed by atoms with Crippen molar-refractivity contribution in [3.05, 3.63) is 64.1 Å². The van der Waals surface area contributed by atoms with Crippen molar-refractivity contribution >= 4 is 15.9 Å². The van der Waals surface area contributed by atoms with Crippen LogP contribution in [-0.2, 0) is 6.54 Å². The molecule has 0 aliphatic carbocycles. The Morgan fingerprint density at radius 3 is 2.68 bits per heavy atom. The summed E-state index contributed by atoms with van der Waals surface area (Å²) in [5.41, 5.74) is 1.78. The molecule has 1 unspecified atom stereocenters. The number of rotatable bonds is 5. The number of aliphatic hydroxyl groups is 1. The fraction of sp³-hybridized carbons (Fsp3) is 0.214. The van der Waals surface area contributed by atoms with E-state index in [2.05, 4.69) is 26.2 Å². The molecule has 0 aliphatic heterocycles. The number of nitrogens with one attached hydrogen (secondary N) is 1. The second kappa shape index (κ2) is 6.75. The molecule has 0 bridgehead atoms. The molecule has 1 aromatic heterocycles. The molecule has 100 valence electrons. The third-order valence-electron chi connectivity index (χ3n) is 2.74. The lowest BCUT2D eigenvalue weighted by Crippen LogP contribution is -2.21. The molecule has 5 heteroatoms. The number of hydrogen-bond acceptors (Lipinski definition) is 3. The van der Waals surface area contributed by atoms with E-state index in [-0.39, 0.29) is 5.82 Å². The Labute approximate surface area is 119 Å². The molecule has 19 heavy (non-hydrogen) atoms. The average molecular weight is 325 g/mol. The third kappa shape index (κ3) is 4.09. The summed E-state index contributed by atoms with van der Waals surface area (Å²) < 4.78 is 13.5. The molecule has 0 aliphatic rings. The molecular weight excluding hydrogens is 311 g/mol. The zero-order chi connectivity index (χ0) is 13.7. The zero-order valence-electron chi connectivity index (χ0n) is 10.2. The summed E-state index contributed by atoms with van der Waals surface area (Å²) in [6.45, 7) is 1.00. The standard InChI is InChI=1S/C14H14BrFN2O/c15-12-7-10(1-2-13(12)16)8-18-9-14(19)11-3-5-17-6-4-11/h1-7,14,18-19H,8-9H2. The largest absolute Gasteiger partial charge is 0.387 e. The molecule has 3 nitrogen and oxygen atoms in total. The SMILES string of the molecule is OC(CNCc1ccc(F)c(Br)c1)c1ccncc1. The van der Waals surface area contributed by atoms with Crippen LogP contribution in [0.4, 0.5) is 4.39 Å². The Morgan fingerprint density at radius 1 is 1.26 bits per heavy atom. The molecule has 0 saturated heterocycles. The van der Waals surface area contributed by atoms with E-state index in [1.165, 1.54) is 6.07 Å². The molecule has 2 N–H and O–H groups in total. The van der Waals surface area contributed by atoms with Gasteiger partial charge in [-0.2, -0.15) is 0 Å². The van der Waals surface area contributed by atoms with Crippen molar-refractivity contribution in [1.82, 2.24) is 10.3 Å². The van der Waals surface area contributed by atoms with Gasteiger partial charge in [-0.25, -0.2) is 4.39 Å². The Bertz CT molecular complexity index is 536. The Morgan fingerprint density at radius 2 is 2.00 bits per heavy atom. The lowest BCUT2D eigenvalue weighted by molar-refractivity contribution is 0.174. The van der Waals surface area contributed by atoms with Crippen LogP contribution in [0.15, 0.2) is 47.2 Å². The van der Waals surface area contributed by atoms with Crippen molar-refractivity contribution in [2.75, 3.05) is 6.54 Å². The predicted molar refractivity (Wildman–Crippen MR) is 75.0 cm³/mol. The van der Waals surface area contributed by atoms with Crippen molar-refractivity contribution in [3.8, 4) is 0 Å². The summed E-state index contributed by atoms with van der Waals surface area (Å²) in [5, 5.41) is 13.1. The van der Waals surface area contributed by atoms with Crippen molar-refractivity contribution in [1.29, 1.82) is 0 Å². The monoisotopic (exact) mass is 324 g/mol. The summed E-state index contributed by atoms with van der Waals surface area (Å²) in [5.74, 6) is -0.277. The first-order chi connectivity index (χ1) is 9.16. The average Bonchev–Trinajstić information content (AvgIpc) is 2.43. The quantitative estimate of drug-likeness (QED) is 0.889. The molecule has 0 fully saturated rings. The van der Waals surface area contributed by atoms with Crippen molar-refractivity contribution in [3.63, 3.8) is 0 Å². The van der Waals surface area contributed by atoms with Crippen LogP contribution in [0, 0.1) is 5.82 Å². The maximum atomic E-state index is 13.1. The summed E-state index contributed by atoms with van der Waals surface area (Å²) in [7, 11) is 0. The van der Waals surface area contributed by atoms with Gasteiger partial charge in [0.1, 0.15) is 5.82 Å². The summed E-state index contributed by atoms with van der Waals surface area (Å²) in [4.78, 5) is 3.90. The minimum absolute atomic E-state index is 0.277. The molecular formula is C14H14BrFN2O. The Hall–Kier alpha value is -1.30. The van der Waals surface area contributed by atoms with Gasteiger partial charge in [0.05, 0.1) is 10.6 Å². The summed E-state index contributed by atoms with van der Waals surface area (Å²) in [6, 6.07) is 8.41. The van der Waals surface area contributed by atoms with E-state index in [0.717, 1.165) is 11.1 Å². The summed E-state index contributed by atoms with van der Waals surface area (Å²) >= 11 is 3.14. The maximum absolute atomic E-state index is 13.1. The van der Waals surface area contributed by atoms with Crippen LogP contribution in [0.3, 0.4) is 0 Å². The van der Waals surface area contributed by atoms with Crippen molar-refractivity contribution in [2.24, 2.45) is 0 Å². The highest BCUT2D eigenvalue weighted by molar-refractivity contribution is 9.10. The van der Waals surface area contributed by atoms with E-state index in [9.17, 15) is 9.50 Å². The van der Waals surface area contributed by atoms with Gasteiger partial charge in [0.2, 0.25) is 0 Å². The fourth-order valence-corrected chi connectivity index (χ4v) is 2.13. The van der Waals surface area contributed by atoms with Crippen LogP contribution in [0.25, 0.3) is 0 Å². The van der Waals surface area contributed by atoms with Crippen LogP contribution in [-0.4, -0.2) is 16.6 Å². The van der Waals surface area contributed by atoms with E-state index in [1.54, 1.807) is 36.7 Å². The lowest BCUT2D eigenvalue weighted by atomic mass is 10.1. The first-order valence-electron chi connectivity index (χ1n) is 5.89. The number of hydrogen-bond donors (Lipinski definition) is 2. The highest BCUT2D eigenvalue weighted by Crippen LogP contribution is 2.17. The van der Waals surface area contributed by atoms with Crippen LogP contribution in [0.2, 0.25) is 0 Å². The second-order valence-corrected chi connectivity index (χ2v) is 5.03. The minimum atomic E-state index is -0.577. The van der Waals surface area contributed by atoms with E-state index >= 15 is 0 Å². The van der Waals surface area contributed by atoms with Gasteiger partial charge < -0.3 is 10.4 Å². The van der Waals surface area contributed by atoms with Gasteiger partial charge in [0.15, 0.2) is 0 Å². The van der Waals surface area contributed by atoms with Gasteiger partial charge >= 0.3 is 0 Å². The predicted octanol–water partition coefficient (Wildman–Crippen LogP) is 2.81. The van der Waals surface area contributed by atoms with E-state index in [1.807, 2.05) is 0 Å². The molecule has 0 radical (unpaired) electrons. The molecule has 1 atom stereocenters. The van der Waals surface area contributed by atoms with E-state index < -0.39 is 6.10 Å². The van der Waals surface area contributed by atoms with Crippen LogP contribution in [0.5, 0.6) is 0 Å². The fourth-order valence-electron chi connectivity index (χ4n) is 1.71. The van der Waals surface area contributed by atoms with Gasteiger partial charge in [-0.05, 0) is 51.3 Å². The molecule has 2 aromatic rings. The van der Waals surface area contributed by atoms with Crippen LogP contribution >= 0.6 is 15.9 Å². The number of nitrogens with zero attached hydrogens (tertiary/aromatic N) is 1. The highest BCUT2D eigenvalue weighted by Gasteiger charge is 2.06. The zero-order valence-corrected chi connectivity index (χ0v) is 11.8. The minimum Gasteiger partial charge on any atom is -0.387 e. The molecule has 1 heterocycles. The number of aromatic nitrogens is 1. The molecule has 2 rings (SSSR count). The van der Waals surface area contributed by atoms with Gasteiger partial charge in [-0.3, -0.25) is 4.98 Å². The van der Waals surface area contributed by atoms with Gasteiger partial charge in [-0.15, -0.1) is 0 Å². The van der Waals surface area contributed by atoms with Crippen molar-refractivity contribution < 1.29 is 9.50 Å². The Kier molecular flexibility index (Phi) is 5.01.